The molecule has 26 heavy (non-hydrogen) atoms. The number of ether oxygens (including phenoxy) is 1. The monoisotopic (exact) mass is 607 g/mol. The first kappa shape index (κ1) is 21.4. The van der Waals surface area contributed by atoms with Crippen molar-refractivity contribution in [1.29, 1.82) is 0 Å². The summed E-state index contributed by atoms with van der Waals surface area (Å²) in [6, 6.07) is 4.76. The van der Waals surface area contributed by atoms with Crippen molar-refractivity contribution >= 4 is 61.6 Å². The number of nitrogens with two attached hydrogens (primary N) is 1. The summed E-state index contributed by atoms with van der Waals surface area (Å²) < 4.78 is 39.8. The van der Waals surface area contributed by atoms with E-state index >= 15 is 0 Å². The van der Waals surface area contributed by atoms with Crippen LogP contribution in [0.3, 0.4) is 0 Å². The topological polar surface area (TPSA) is 136 Å². The van der Waals surface area contributed by atoms with Gasteiger partial charge in [0.2, 0.25) is 0 Å². The second kappa shape index (κ2) is 8.41. The minimum atomic E-state index is -4.57. The van der Waals surface area contributed by atoms with Gasteiger partial charge in [0.15, 0.2) is 0 Å². The van der Waals surface area contributed by atoms with Crippen LogP contribution in [0.4, 0.5) is 0 Å². The average molecular weight is 607 g/mol. The third-order valence-electron chi connectivity index (χ3n) is 3.33. The van der Waals surface area contributed by atoms with Crippen LogP contribution in [0.1, 0.15) is 12.8 Å². The smallest absolute Gasteiger partial charge is 0.446 e. The molecular weight excluding hydrogens is 592 g/mol. The van der Waals surface area contributed by atoms with E-state index in [0.29, 0.717) is 17.9 Å². The van der Waals surface area contributed by atoms with Crippen molar-refractivity contribution in [1.82, 2.24) is 0 Å². The molecule has 0 heterocycles. The number of halogens is 2. The van der Waals surface area contributed by atoms with Crippen molar-refractivity contribution < 1.29 is 31.8 Å². The number of rotatable bonds is 7. The lowest BCUT2D eigenvalue weighted by molar-refractivity contribution is -0.138. The van der Waals surface area contributed by atoms with Gasteiger partial charge in [-0.05, 0) is 43.2 Å². The van der Waals surface area contributed by atoms with E-state index in [4.69, 9.17) is 20.1 Å². The molecule has 1 aromatic rings. The summed E-state index contributed by atoms with van der Waals surface area (Å²) in [5, 5.41) is 8.92. The summed E-state index contributed by atoms with van der Waals surface area (Å²) in [7, 11) is -4.57. The van der Waals surface area contributed by atoms with Gasteiger partial charge in [-0.3, -0.25) is 9.35 Å². The number of carboxylic acids is 1. The Balaban J connectivity index is 2.11. The van der Waals surface area contributed by atoms with Gasteiger partial charge in [0.05, 0.1) is 0 Å². The number of alkyl halides is 2. The first-order chi connectivity index (χ1) is 12.0. The molecule has 11 heteroatoms. The molecule has 8 nitrogen and oxygen atoms in total. The van der Waals surface area contributed by atoms with Gasteiger partial charge in [-0.15, -0.1) is 0 Å². The van der Waals surface area contributed by atoms with E-state index in [1.807, 2.05) is 0 Å². The van der Waals surface area contributed by atoms with Crippen LogP contribution >= 0.6 is 45.2 Å². The van der Waals surface area contributed by atoms with E-state index in [1.54, 1.807) is 12.2 Å². The number of carbonyl (C=O) groups is 1. The number of allylic oxidation sites excluding steroid dienone is 3. The standard InChI is InChI=1S/C15H15I2NO7S/c16-15(17)8-9(7-12(18)14(19)20)1-6-13(15)24-10-2-4-11(5-3-10)25-26(21,22)23/h1-6,12H,7-8,18H2,(H,19,20)(H,21,22,23)/t12-/m0/s1. The maximum Gasteiger partial charge on any atom is 0.446 e. The van der Waals surface area contributed by atoms with Crippen molar-refractivity contribution in [3.8, 4) is 11.5 Å². The first-order valence-corrected chi connectivity index (χ1v) is 10.7. The molecule has 0 saturated heterocycles. The largest absolute Gasteiger partial charge is 0.480 e. The van der Waals surface area contributed by atoms with Gasteiger partial charge in [0, 0.05) is 0 Å². The third kappa shape index (κ3) is 6.37. The summed E-state index contributed by atoms with van der Waals surface area (Å²) in [5.74, 6) is 0.0136. The molecular formula is C15H15I2NO7S. The van der Waals surface area contributed by atoms with Crippen molar-refractivity contribution in [2.24, 2.45) is 5.73 Å². The Morgan fingerprint density at radius 3 is 2.31 bits per heavy atom. The highest BCUT2D eigenvalue weighted by Gasteiger charge is 2.34. The quantitative estimate of drug-likeness (QED) is 0.245. The lowest BCUT2D eigenvalue weighted by Crippen LogP contribution is -2.32. The van der Waals surface area contributed by atoms with Gasteiger partial charge in [-0.25, -0.2) is 0 Å². The summed E-state index contributed by atoms with van der Waals surface area (Å²) in [4.78, 5) is 10.9. The molecule has 1 aliphatic carbocycles. The molecule has 1 aliphatic rings. The fourth-order valence-corrected chi connectivity index (χ4v) is 4.09. The Bertz CT molecular complexity index is 847. The second-order valence-electron chi connectivity index (χ2n) is 5.47. The van der Waals surface area contributed by atoms with Gasteiger partial charge in [-0.2, -0.15) is 8.42 Å². The molecule has 0 radical (unpaired) electrons. The maximum atomic E-state index is 10.9. The molecule has 4 N–H and O–H groups in total. The van der Waals surface area contributed by atoms with E-state index in [-0.39, 0.29) is 12.2 Å². The summed E-state index contributed by atoms with van der Waals surface area (Å²) in [6.07, 6.45) is 4.39. The van der Waals surface area contributed by atoms with Crippen LogP contribution in [-0.4, -0.2) is 31.5 Å². The molecule has 0 bridgehead atoms. The van der Waals surface area contributed by atoms with Crippen LogP contribution < -0.4 is 14.7 Å². The molecule has 0 unspecified atom stereocenters. The molecule has 1 aromatic carbocycles. The van der Waals surface area contributed by atoms with Gasteiger partial charge >= 0.3 is 16.4 Å². The molecule has 142 valence electrons. The fraction of sp³-hybridized carbons (Fsp3) is 0.267. The number of benzene rings is 1. The summed E-state index contributed by atoms with van der Waals surface area (Å²) in [5.41, 5.74) is 6.49. The van der Waals surface area contributed by atoms with Crippen molar-refractivity contribution in [2.45, 2.75) is 20.3 Å². The van der Waals surface area contributed by atoms with E-state index in [1.165, 1.54) is 24.3 Å². The highest BCUT2D eigenvalue weighted by molar-refractivity contribution is 14.2. The van der Waals surface area contributed by atoms with Crippen LogP contribution in [0.2, 0.25) is 0 Å². The molecule has 0 spiro atoms. The van der Waals surface area contributed by atoms with E-state index in [0.717, 1.165) is 5.57 Å². The van der Waals surface area contributed by atoms with E-state index in [2.05, 4.69) is 49.4 Å². The van der Waals surface area contributed by atoms with Crippen LogP contribution in [0.25, 0.3) is 0 Å². The van der Waals surface area contributed by atoms with Crippen molar-refractivity contribution in [3.05, 3.63) is 47.7 Å². The zero-order chi connectivity index (χ0) is 19.5. The Morgan fingerprint density at radius 1 is 1.23 bits per heavy atom. The Morgan fingerprint density at radius 2 is 1.81 bits per heavy atom. The van der Waals surface area contributed by atoms with Gasteiger partial charge < -0.3 is 19.8 Å². The van der Waals surface area contributed by atoms with E-state index < -0.39 is 23.8 Å². The predicted molar refractivity (Wildman–Crippen MR) is 111 cm³/mol. The SMILES string of the molecule is N[C@@H](CC1=CC=C(Oc2ccc(OS(=O)(=O)O)cc2)C(I)(I)C1)C(=O)O. The Labute approximate surface area is 177 Å². The minimum Gasteiger partial charge on any atom is -0.480 e. The van der Waals surface area contributed by atoms with Gasteiger partial charge in [0.1, 0.15) is 24.7 Å². The molecule has 0 amide bonds. The zero-order valence-electron chi connectivity index (χ0n) is 13.1. The highest BCUT2D eigenvalue weighted by atomic mass is 127. The normalized spacial score (nSPS) is 17.7. The zero-order valence-corrected chi connectivity index (χ0v) is 18.3. The second-order valence-corrected chi connectivity index (χ2v) is 12.2. The first-order valence-electron chi connectivity index (χ1n) is 7.17. The molecule has 0 aliphatic heterocycles. The number of carboxylic acid groups (broad SMARTS) is 1. The van der Waals surface area contributed by atoms with Gasteiger partial charge in [-0.1, -0.05) is 56.8 Å². The molecule has 2 rings (SSSR count). The molecule has 0 fully saturated rings. The lowest BCUT2D eigenvalue weighted by Gasteiger charge is -2.29. The molecule has 1 atom stereocenters. The Kier molecular flexibility index (Phi) is 6.92. The van der Waals surface area contributed by atoms with Crippen LogP contribution in [-0.2, 0) is 15.2 Å². The third-order valence-corrected chi connectivity index (χ3v) is 5.56. The maximum absolute atomic E-state index is 10.9. The van der Waals surface area contributed by atoms with Crippen LogP contribution in [0, 0.1) is 0 Å². The average Bonchev–Trinajstić information content (AvgIpc) is 2.49. The van der Waals surface area contributed by atoms with Crippen molar-refractivity contribution in [3.63, 3.8) is 0 Å². The lowest BCUT2D eigenvalue weighted by atomic mass is 9.97. The van der Waals surface area contributed by atoms with Crippen LogP contribution in [0.5, 0.6) is 11.5 Å². The van der Waals surface area contributed by atoms with Crippen molar-refractivity contribution in [2.75, 3.05) is 0 Å². The number of hydrogen-bond donors (Lipinski definition) is 3. The van der Waals surface area contributed by atoms with Crippen LogP contribution in [0.15, 0.2) is 47.7 Å². The number of aliphatic carboxylic acids is 1. The number of hydrogen-bond acceptors (Lipinski definition) is 6. The van der Waals surface area contributed by atoms with Gasteiger partial charge in [0.25, 0.3) is 0 Å². The molecule has 0 saturated carbocycles. The minimum absolute atomic E-state index is 0.0440. The summed E-state index contributed by atoms with van der Waals surface area (Å²) in [6.45, 7) is 0. The highest BCUT2D eigenvalue weighted by Crippen LogP contribution is 2.45. The predicted octanol–water partition coefficient (Wildman–Crippen LogP) is 2.83. The summed E-state index contributed by atoms with van der Waals surface area (Å²) >= 11 is 4.42. The molecule has 0 aromatic heterocycles. The fourth-order valence-electron chi connectivity index (χ4n) is 2.18. The van der Waals surface area contributed by atoms with E-state index in [9.17, 15) is 13.2 Å². The Hall–Kier alpha value is -0.900.